The summed E-state index contributed by atoms with van der Waals surface area (Å²) >= 11 is 3.42. The van der Waals surface area contributed by atoms with E-state index >= 15 is 0 Å². The van der Waals surface area contributed by atoms with Crippen LogP contribution in [0.2, 0.25) is 0 Å². The normalized spacial score (nSPS) is 12.2. The number of hydrogen-bond acceptors (Lipinski definition) is 3. The molecule has 3 nitrogen and oxygen atoms in total. The molecule has 0 saturated heterocycles. The SMILES string of the molecule is COc1ccc(Br)cc1CC(O)c1ccccc1N. The second kappa shape index (κ2) is 6.08. The average molecular weight is 322 g/mol. The van der Waals surface area contributed by atoms with Crippen LogP contribution in [-0.4, -0.2) is 12.2 Å². The summed E-state index contributed by atoms with van der Waals surface area (Å²) in [5.74, 6) is 0.761. The van der Waals surface area contributed by atoms with Crippen LogP contribution in [0.3, 0.4) is 0 Å². The third kappa shape index (κ3) is 3.28. The van der Waals surface area contributed by atoms with E-state index in [2.05, 4.69) is 15.9 Å². The number of hydrogen-bond donors (Lipinski definition) is 2. The fraction of sp³-hybridized carbons (Fsp3) is 0.200. The van der Waals surface area contributed by atoms with Crippen LogP contribution in [0.25, 0.3) is 0 Å². The topological polar surface area (TPSA) is 55.5 Å². The number of rotatable bonds is 4. The number of nitrogen functional groups attached to an aromatic ring is 1. The molecular weight excluding hydrogens is 306 g/mol. The van der Waals surface area contributed by atoms with Crippen LogP contribution in [0, 0.1) is 0 Å². The molecule has 2 rings (SSSR count). The number of aliphatic hydroxyl groups is 1. The Morgan fingerprint density at radius 3 is 2.68 bits per heavy atom. The summed E-state index contributed by atoms with van der Waals surface area (Å²) in [6.45, 7) is 0. The number of ether oxygens (including phenoxy) is 1. The highest BCUT2D eigenvalue weighted by Crippen LogP contribution is 2.29. The zero-order valence-electron chi connectivity index (χ0n) is 10.6. The van der Waals surface area contributed by atoms with E-state index in [4.69, 9.17) is 10.5 Å². The fourth-order valence-corrected chi connectivity index (χ4v) is 2.45. The minimum Gasteiger partial charge on any atom is -0.496 e. The number of halogens is 1. The Kier molecular flexibility index (Phi) is 4.45. The molecule has 0 heterocycles. The molecular formula is C15H16BrNO2. The lowest BCUT2D eigenvalue weighted by atomic mass is 9.99. The van der Waals surface area contributed by atoms with Gasteiger partial charge in [0.1, 0.15) is 5.75 Å². The lowest BCUT2D eigenvalue weighted by Crippen LogP contribution is -2.06. The summed E-state index contributed by atoms with van der Waals surface area (Å²) in [5, 5.41) is 10.3. The molecule has 0 bridgehead atoms. The van der Waals surface area contributed by atoms with Gasteiger partial charge in [0.05, 0.1) is 13.2 Å². The molecule has 19 heavy (non-hydrogen) atoms. The maximum absolute atomic E-state index is 10.3. The minimum atomic E-state index is -0.649. The van der Waals surface area contributed by atoms with Crippen molar-refractivity contribution in [2.45, 2.75) is 12.5 Å². The summed E-state index contributed by atoms with van der Waals surface area (Å²) in [7, 11) is 1.62. The lowest BCUT2D eigenvalue weighted by Gasteiger charge is -2.15. The summed E-state index contributed by atoms with van der Waals surface area (Å²) in [4.78, 5) is 0. The van der Waals surface area contributed by atoms with Gasteiger partial charge in [0.15, 0.2) is 0 Å². The molecule has 0 saturated carbocycles. The van der Waals surface area contributed by atoms with Crippen LogP contribution in [0.15, 0.2) is 46.9 Å². The van der Waals surface area contributed by atoms with E-state index in [9.17, 15) is 5.11 Å². The minimum absolute atomic E-state index is 0.455. The van der Waals surface area contributed by atoms with Gasteiger partial charge in [-0.25, -0.2) is 0 Å². The van der Waals surface area contributed by atoms with E-state index in [0.717, 1.165) is 21.3 Å². The third-order valence-electron chi connectivity index (χ3n) is 3.01. The van der Waals surface area contributed by atoms with Gasteiger partial charge < -0.3 is 15.6 Å². The Morgan fingerprint density at radius 2 is 2.00 bits per heavy atom. The zero-order valence-corrected chi connectivity index (χ0v) is 12.2. The molecule has 0 aliphatic heterocycles. The molecule has 0 radical (unpaired) electrons. The van der Waals surface area contributed by atoms with Gasteiger partial charge in [-0.15, -0.1) is 0 Å². The van der Waals surface area contributed by atoms with Gasteiger partial charge in [-0.05, 0) is 29.8 Å². The number of benzene rings is 2. The van der Waals surface area contributed by atoms with Crippen molar-refractivity contribution in [3.05, 3.63) is 58.1 Å². The predicted octanol–water partition coefficient (Wildman–Crippen LogP) is 3.32. The van der Waals surface area contributed by atoms with Crippen molar-refractivity contribution in [3.8, 4) is 5.75 Å². The maximum Gasteiger partial charge on any atom is 0.122 e. The Balaban J connectivity index is 2.26. The third-order valence-corrected chi connectivity index (χ3v) is 3.50. The van der Waals surface area contributed by atoms with Gasteiger partial charge in [-0.1, -0.05) is 34.1 Å². The van der Waals surface area contributed by atoms with Crippen molar-refractivity contribution in [1.82, 2.24) is 0 Å². The molecule has 0 aromatic heterocycles. The van der Waals surface area contributed by atoms with E-state index < -0.39 is 6.10 Å². The molecule has 0 fully saturated rings. The van der Waals surface area contributed by atoms with Crippen molar-refractivity contribution in [2.75, 3.05) is 12.8 Å². The van der Waals surface area contributed by atoms with Gasteiger partial charge in [0.2, 0.25) is 0 Å². The highest BCUT2D eigenvalue weighted by atomic mass is 79.9. The van der Waals surface area contributed by atoms with Crippen LogP contribution in [0.1, 0.15) is 17.2 Å². The second-order valence-corrected chi connectivity index (χ2v) is 5.22. The first-order valence-corrected chi connectivity index (χ1v) is 6.76. The largest absolute Gasteiger partial charge is 0.496 e. The van der Waals surface area contributed by atoms with E-state index in [1.54, 1.807) is 13.2 Å². The van der Waals surface area contributed by atoms with Crippen LogP contribution in [-0.2, 0) is 6.42 Å². The van der Waals surface area contributed by atoms with E-state index in [1.165, 1.54) is 0 Å². The Bertz CT molecular complexity index is 572. The molecule has 1 atom stereocenters. The van der Waals surface area contributed by atoms with Gasteiger partial charge in [-0.3, -0.25) is 0 Å². The first-order chi connectivity index (χ1) is 9.11. The number of methoxy groups -OCH3 is 1. The predicted molar refractivity (Wildman–Crippen MR) is 80.2 cm³/mol. The molecule has 4 heteroatoms. The zero-order chi connectivity index (χ0) is 13.8. The van der Waals surface area contributed by atoms with Gasteiger partial charge >= 0.3 is 0 Å². The van der Waals surface area contributed by atoms with Gasteiger partial charge in [0.25, 0.3) is 0 Å². The Labute approximate surface area is 121 Å². The van der Waals surface area contributed by atoms with Crippen molar-refractivity contribution in [3.63, 3.8) is 0 Å². The second-order valence-electron chi connectivity index (χ2n) is 4.31. The van der Waals surface area contributed by atoms with Crippen molar-refractivity contribution < 1.29 is 9.84 Å². The summed E-state index contributed by atoms with van der Waals surface area (Å²) in [5.41, 5.74) is 8.15. The van der Waals surface area contributed by atoms with Crippen molar-refractivity contribution >= 4 is 21.6 Å². The summed E-state index contributed by atoms with van der Waals surface area (Å²) < 4.78 is 6.26. The molecule has 0 spiro atoms. The summed E-state index contributed by atoms with van der Waals surface area (Å²) in [6.07, 6.45) is -0.194. The average Bonchev–Trinajstić information content (AvgIpc) is 2.39. The van der Waals surface area contributed by atoms with E-state index in [0.29, 0.717) is 12.1 Å². The smallest absolute Gasteiger partial charge is 0.122 e. The first kappa shape index (κ1) is 13.9. The molecule has 0 aliphatic rings. The van der Waals surface area contributed by atoms with Crippen LogP contribution < -0.4 is 10.5 Å². The van der Waals surface area contributed by atoms with Crippen LogP contribution >= 0.6 is 15.9 Å². The van der Waals surface area contributed by atoms with E-state index in [-0.39, 0.29) is 0 Å². The van der Waals surface area contributed by atoms with Crippen LogP contribution in [0.4, 0.5) is 5.69 Å². The van der Waals surface area contributed by atoms with Crippen LogP contribution in [0.5, 0.6) is 5.75 Å². The Hall–Kier alpha value is -1.52. The summed E-state index contributed by atoms with van der Waals surface area (Å²) in [6, 6.07) is 13.1. The maximum atomic E-state index is 10.3. The number of aliphatic hydroxyl groups excluding tert-OH is 1. The number of nitrogens with two attached hydrogens (primary N) is 1. The highest BCUT2D eigenvalue weighted by molar-refractivity contribution is 9.10. The number of anilines is 1. The highest BCUT2D eigenvalue weighted by Gasteiger charge is 2.14. The lowest BCUT2D eigenvalue weighted by molar-refractivity contribution is 0.178. The quantitative estimate of drug-likeness (QED) is 0.849. The van der Waals surface area contributed by atoms with Crippen molar-refractivity contribution in [2.24, 2.45) is 0 Å². The van der Waals surface area contributed by atoms with Gasteiger partial charge in [-0.2, -0.15) is 0 Å². The van der Waals surface area contributed by atoms with E-state index in [1.807, 2.05) is 36.4 Å². The molecule has 3 N–H and O–H groups in total. The standard InChI is InChI=1S/C15H16BrNO2/c1-19-15-7-6-11(16)8-10(15)9-14(18)12-4-2-3-5-13(12)17/h2-8,14,18H,9,17H2,1H3. The molecule has 0 aliphatic carbocycles. The number of para-hydroxylation sites is 1. The fourth-order valence-electron chi connectivity index (χ4n) is 2.04. The molecule has 2 aromatic carbocycles. The molecule has 0 amide bonds. The molecule has 100 valence electrons. The van der Waals surface area contributed by atoms with Crippen molar-refractivity contribution in [1.29, 1.82) is 0 Å². The Morgan fingerprint density at radius 1 is 1.26 bits per heavy atom. The molecule has 1 unspecified atom stereocenters. The monoisotopic (exact) mass is 321 g/mol. The van der Waals surface area contributed by atoms with Gasteiger partial charge in [0, 0.05) is 22.1 Å². The first-order valence-electron chi connectivity index (χ1n) is 5.96. The molecule has 2 aromatic rings.